The number of carbonyl (C=O) groups is 3. The van der Waals surface area contributed by atoms with Crippen molar-refractivity contribution < 1.29 is 36.7 Å². The lowest BCUT2D eigenvalue weighted by atomic mass is 9.98. The number of benzene rings is 3. The van der Waals surface area contributed by atoms with Gasteiger partial charge in [0.1, 0.15) is 11.4 Å². The fraction of sp³-hybridized carbons (Fsp3) is 0.156. The standard InChI is InChI=1S/C32H25ClF2N6O6S/c1-16-18-9-11-24(20(18)8-7-19(16)32(44)45)39-31(43)27-13-26(30(42)36-14-17-6-10-22(34)23(35)12-17)38-29-28(15-37-41(27)29)48(46,47)40-25-5-3-2-4-21(25)33/h2-8,10,12-13,15,24,40H,9,11,14H2,1H3,(H,36,42)(H,39,43)(H,44,45)/t24-/m0/s1. The summed E-state index contributed by atoms with van der Waals surface area (Å²) in [6, 6.07) is 12.9. The molecule has 2 aromatic heterocycles. The highest BCUT2D eigenvalue weighted by Crippen LogP contribution is 2.35. The summed E-state index contributed by atoms with van der Waals surface area (Å²) in [5, 5.41) is 19.1. The predicted molar refractivity (Wildman–Crippen MR) is 169 cm³/mol. The fourth-order valence-electron chi connectivity index (χ4n) is 5.57. The average Bonchev–Trinajstić information content (AvgIpc) is 3.67. The second kappa shape index (κ2) is 12.7. The first-order chi connectivity index (χ1) is 22.8. The number of amides is 2. The molecule has 48 heavy (non-hydrogen) atoms. The molecule has 4 N–H and O–H groups in total. The van der Waals surface area contributed by atoms with Crippen molar-refractivity contribution in [2.75, 3.05) is 4.72 Å². The van der Waals surface area contributed by atoms with Crippen molar-refractivity contribution in [3.63, 3.8) is 0 Å². The number of nitrogens with zero attached hydrogens (tertiary/aromatic N) is 3. The van der Waals surface area contributed by atoms with Gasteiger partial charge in [-0.2, -0.15) is 5.10 Å². The summed E-state index contributed by atoms with van der Waals surface area (Å²) in [6.07, 6.45) is 1.94. The van der Waals surface area contributed by atoms with Crippen LogP contribution in [0, 0.1) is 18.6 Å². The van der Waals surface area contributed by atoms with Gasteiger partial charge in [-0.05, 0) is 72.4 Å². The molecule has 0 saturated carbocycles. The quantitative estimate of drug-likeness (QED) is 0.170. The molecule has 3 aromatic carbocycles. The summed E-state index contributed by atoms with van der Waals surface area (Å²) in [5.41, 5.74) is 1.64. The largest absolute Gasteiger partial charge is 0.478 e. The van der Waals surface area contributed by atoms with Gasteiger partial charge in [0.25, 0.3) is 21.8 Å². The van der Waals surface area contributed by atoms with Crippen LogP contribution in [0.15, 0.2) is 71.8 Å². The highest BCUT2D eigenvalue weighted by molar-refractivity contribution is 7.93. The summed E-state index contributed by atoms with van der Waals surface area (Å²) in [5.74, 6) is -4.80. The third-order valence-electron chi connectivity index (χ3n) is 7.98. The highest BCUT2D eigenvalue weighted by atomic mass is 35.5. The molecular formula is C32H25ClF2N6O6S. The molecule has 16 heteroatoms. The van der Waals surface area contributed by atoms with E-state index in [1.54, 1.807) is 25.1 Å². The van der Waals surface area contributed by atoms with E-state index in [9.17, 15) is 36.7 Å². The molecule has 1 aliphatic rings. The molecule has 12 nitrogen and oxygen atoms in total. The van der Waals surface area contributed by atoms with Crippen molar-refractivity contribution in [2.24, 2.45) is 0 Å². The summed E-state index contributed by atoms with van der Waals surface area (Å²) in [6.45, 7) is 1.46. The Hall–Kier alpha value is -5.41. The summed E-state index contributed by atoms with van der Waals surface area (Å²) in [7, 11) is -4.42. The molecule has 2 amide bonds. The summed E-state index contributed by atoms with van der Waals surface area (Å²) >= 11 is 6.16. The number of carboxylic acids is 1. The van der Waals surface area contributed by atoms with Gasteiger partial charge >= 0.3 is 5.97 Å². The first-order valence-corrected chi connectivity index (χ1v) is 16.2. The van der Waals surface area contributed by atoms with Crippen LogP contribution in [0.25, 0.3) is 5.65 Å². The summed E-state index contributed by atoms with van der Waals surface area (Å²) in [4.78, 5) is 42.5. The van der Waals surface area contributed by atoms with Crippen LogP contribution in [0.3, 0.4) is 0 Å². The maximum absolute atomic E-state index is 13.8. The van der Waals surface area contributed by atoms with E-state index in [-0.39, 0.29) is 45.4 Å². The van der Waals surface area contributed by atoms with Gasteiger partial charge in [0, 0.05) is 12.6 Å². The zero-order valence-corrected chi connectivity index (χ0v) is 26.5. The second-order valence-electron chi connectivity index (χ2n) is 11.0. The van der Waals surface area contributed by atoms with Gasteiger partial charge in [0.15, 0.2) is 22.2 Å². The van der Waals surface area contributed by atoms with Crippen LogP contribution in [0.2, 0.25) is 5.02 Å². The van der Waals surface area contributed by atoms with E-state index in [1.807, 2.05) is 0 Å². The fourth-order valence-corrected chi connectivity index (χ4v) is 6.95. The van der Waals surface area contributed by atoms with E-state index >= 15 is 0 Å². The van der Waals surface area contributed by atoms with Crippen molar-refractivity contribution in [2.45, 2.75) is 37.2 Å². The minimum absolute atomic E-state index is 0.0677. The Labute approximate surface area is 276 Å². The number of halogens is 3. The average molecular weight is 695 g/mol. The van der Waals surface area contributed by atoms with Crippen molar-refractivity contribution in [1.82, 2.24) is 25.2 Å². The number of hydrogen-bond acceptors (Lipinski definition) is 7. The van der Waals surface area contributed by atoms with E-state index in [0.29, 0.717) is 18.4 Å². The van der Waals surface area contributed by atoms with Crippen LogP contribution in [0.4, 0.5) is 14.5 Å². The lowest BCUT2D eigenvalue weighted by molar-refractivity contribution is 0.0695. The number of hydrogen-bond donors (Lipinski definition) is 4. The minimum atomic E-state index is -4.42. The van der Waals surface area contributed by atoms with Gasteiger partial charge in [-0.1, -0.05) is 35.9 Å². The number of para-hydroxylation sites is 1. The molecule has 0 unspecified atom stereocenters. The van der Waals surface area contributed by atoms with Crippen LogP contribution < -0.4 is 15.4 Å². The topological polar surface area (TPSA) is 172 Å². The lowest BCUT2D eigenvalue weighted by Gasteiger charge is -2.16. The SMILES string of the molecule is Cc1c(C(=O)O)ccc2c1CC[C@@H]2NC(=O)c1cc(C(=O)NCc2ccc(F)c(F)c2)nc2c(S(=O)(=O)Nc3ccccc3Cl)cnn12. The van der Waals surface area contributed by atoms with Crippen molar-refractivity contribution in [1.29, 1.82) is 0 Å². The molecule has 1 atom stereocenters. The molecule has 246 valence electrons. The first kappa shape index (κ1) is 32.5. The van der Waals surface area contributed by atoms with Gasteiger partial charge in [-0.15, -0.1) is 0 Å². The van der Waals surface area contributed by atoms with E-state index in [2.05, 4.69) is 25.4 Å². The molecule has 6 rings (SSSR count). The summed E-state index contributed by atoms with van der Waals surface area (Å²) < 4.78 is 57.5. The van der Waals surface area contributed by atoms with Crippen LogP contribution in [0.1, 0.15) is 66.1 Å². The third-order valence-corrected chi connectivity index (χ3v) is 9.66. The minimum Gasteiger partial charge on any atom is -0.478 e. The number of carbonyl (C=O) groups excluding carboxylic acids is 2. The number of nitrogens with one attached hydrogen (secondary N) is 3. The number of aromatic carboxylic acids is 1. The van der Waals surface area contributed by atoms with E-state index in [4.69, 9.17) is 11.6 Å². The Bertz CT molecular complexity index is 2260. The maximum atomic E-state index is 13.8. The Balaban J connectivity index is 1.37. The molecule has 0 aliphatic heterocycles. The number of carboxylic acid groups (broad SMARTS) is 1. The molecule has 0 fully saturated rings. The van der Waals surface area contributed by atoms with Crippen LogP contribution in [0.5, 0.6) is 0 Å². The van der Waals surface area contributed by atoms with E-state index in [0.717, 1.165) is 40.0 Å². The Kier molecular flexibility index (Phi) is 8.57. The highest BCUT2D eigenvalue weighted by Gasteiger charge is 2.30. The Morgan fingerprint density at radius 3 is 2.54 bits per heavy atom. The van der Waals surface area contributed by atoms with Crippen LogP contribution >= 0.6 is 11.6 Å². The van der Waals surface area contributed by atoms with Crippen molar-refractivity contribution >= 4 is 50.7 Å². The molecule has 0 bridgehead atoms. The van der Waals surface area contributed by atoms with Crippen molar-refractivity contribution in [3.05, 3.63) is 123 Å². The van der Waals surface area contributed by atoms with Crippen LogP contribution in [-0.2, 0) is 23.0 Å². The molecule has 5 aromatic rings. The van der Waals surface area contributed by atoms with E-state index in [1.165, 1.54) is 24.3 Å². The normalized spacial score (nSPS) is 14.0. The first-order valence-electron chi connectivity index (χ1n) is 14.4. The number of aromatic nitrogens is 3. The number of sulfonamides is 1. The van der Waals surface area contributed by atoms with Crippen molar-refractivity contribution in [3.8, 4) is 0 Å². The Morgan fingerprint density at radius 2 is 1.81 bits per heavy atom. The van der Waals surface area contributed by atoms with E-state index < -0.39 is 50.4 Å². The van der Waals surface area contributed by atoms with Gasteiger partial charge in [-0.3, -0.25) is 14.3 Å². The monoisotopic (exact) mass is 694 g/mol. The molecule has 0 radical (unpaired) electrons. The number of anilines is 1. The molecular weight excluding hydrogens is 670 g/mol. The van der Waals surface area contributed by atoms with Gasteiger partial charge in [0.2, 0.25) is 0 Å². The number of fused-ring (bicyclic) bond motifs is 2. The molecule has 1 aliphatic carbocycles. The second-order valence-corrected chi connectivity index (χ2v) is 13.0. The zero-order valence-electron chi connectivity index (χ0n) is 24.9. The molecule has 0 spiro atoms. The van der Waals surface area contributed by atoms with Gasteiger partial charge in [0.05, 0.1) is 28.5 Å². The van der Waals surface area contributed by atoms with Gasteiger partial charge in [-0.25, -0.2) is 31.5 Å². The number of rotatable bonds is 9. The predicted octanol–water partition coefficient (Wildman–Crippen LogP) is 4.82. The lowest BCUT2D eigenvalue weighted by Crippen LogP contribution is -2.31. The molecule has 0 saturated heterocycles. The Morgan fingerprint density at radius 1 is 1.04 bits per heavy atom. The smallest absolute Gasteiger partial charge is 0.335 e. The van der Waals surface area contributed by atoms with Gasteiger partial charge < -0.3 is 15.7 Å². The maximum Gasteiger partial charge on any atom is 0.335 e. The third kappa shape index (κ3) is 6.16. The zero-order chi connectivity index (χ0) is 34.3. The van der Waals surface area contributed by atoms with Crippen LogP contribution in [-0.4, -0.2) is 45.9 Å². The molecule has 2 heterocycles.